The van der Waals surface area contributed by atoms with E-state index in [0.717, 1.165) is 6.42 Å². The number of phenolic OH excluding ortho intramolecular Hbond substituents is 1. The highest BCUT2D eigenvalue weighted by Crippen LogP contribution is 2.29. The van der Waals surface area contributed by atoms with Gasteiger partial charge in [-0.25, -0.2) is 0 Å². The summed E-state index contributed by atoms with van der Waals surface area (Å²) in [5.74, 6) is 0.383. The molecule has 1 N–H and O–H groups in total. The van der Waals surface area contributed by atoms with Crippen molar-refractivity contribution in [2.75, 3.05) is 0 Å². The van der Waals surface area contributed by atoms with Crippen molar-refractivity contribution in [2.45, 2.75) is 52.4 Å². The minimum atomic E-state index is 0.163. The Balaban J connectivity index is 3.03. The molecule has 0 bridgehead atoms. The molecule has 0 aliphatic rings. The predicted octanol–water partition coefficient (Wildman–Crippen LogP) is 4.03. The topological polar surface area (TPSA) is 20.2 Å². The lowest BCUT2D eigenvalue weighted by atomic mass is 9.82. The molecule has 1 aromatic carbocycles. The van der Waals surface area contributed by atoms with Crippen LogP contribution in [-0.4, -0.2) is 5.11 Å². The summed E-state index contributed by atoms with van der Waals surface area (Å²) in [6, 6.07) is 5.76. The molecule has 0 fully saturated rings. The van der Waals surface area contributed by atoms with Crippen LogP contribution in [0.4, 0.5) is 0 Å². The van der Waals surface area contributed by atoms with Crippen molar-refractivity contribution in [3.05, 3.63) is 29.3 Å². The summed E-state index contributed by atoms with van der Waals surface area (Å²) in [4.78, 5) is 0. The fourth-order valence-electron chi connectivity index (χ4n) is 1.89. The van der Waals surface area contributed by atoms with Gasteiger partial charge < -0.3 is 5.11 Å². The zero-order valence-electron chi connectivity index (χ0n) is 10.3. The lowest BCUT2D eigenvalue weighted by Gasteiger charge is -2.23. The Labute approximate surface area is 93.1 Å². The van der Waals surface area contributed by atoms with Crippen LogP contribution < -0.4 is 0 Å². The van der Waals surface area contributed by atoms with Crippen molar-refractivity contribution in [2.24, 2.45) is 0 Å². The molecule has 84 valence electrons. The second-order valence-electron chi connectivity index (χ2n) is 5.20. The third kappa shape index (κ3) is 3.26. The Morgan fingerprint density at radius 1 is 1.20 bits per heavy atom. The van der Waals surface area contributed by atoms with Crippen LogP contribution in [0.2, 0.25) is 0 Å². The lowest BCUT2D eigenvalue weighted by molar-refractivity contribution is 0.472. The lowest BCUT2D eigenvalue weighted by Crippen LogP contribution is -2.14. The van der Waals surface area contributed by atoms with Crippen LogP contribution >= 0.6 is 0 Å². The molecule has 1 nitrogen and oxygen atoms in total. The molecule has 15 heavy (non-hydrogen) atoms. The first kappa shape index (κ1) is 12.1. The monoisotopic (exact) mass is 206 g/mol. The Bertz CT molecular complexity index is 321. The molecule has 1 aromatic rings. The fraction of sp³-hybridized carbons (Fsp3) is 0.571. The normalized spacial score (nSPS) is 11.7. The first-order valence-corrected chi connectivity index (χ1v) is 5.77. The van der Waals surface area contributed by atoms with Gasteiger partial charge in [0.2, 0.25) is 0 Å². The molecule has 0 amide bonds. The third-order valence-corrected chi connectivity index (χ3v) is 2.70. The number of benzene rings is 1. The number of phenols is 1. The molecule has 0 unspecified atom stereocenters. The number of aryl methyl sites for hydroxylation is 1. The molecule has 0 heterocycles. The Morgan fingerprint density at radius 3 is 2.40 bits per heavy atom. The van der Waals surface area contributed by atoms with E-state index in [9.17, 15) is 5.11 Å². The second kappa shape index (κ2) is 4.69. The van der Waals surface area contributed by atoms with E-state index in [1.807, 2.05) is 6.07 Å². The van der Waals surface area contributed by atoms with Gasteiger partial charge in [0.05, 0.1) is 0 Å². The fourth-order valence-corrected chi connectivity index (χ4v) is 1.89. The minimum absolute atomic E-state index is 0.163. The summed E-state index contributed by atoms with van der Waals surface area (Å²) in [5.41, 5.74) is 2.81. The van der Waals surface area contributed by atoms with E-state index in [-0.39, 0.29) is 5.41 Å². The van der Waals surface area contributed by atoms with Crippen LogP contribution in [0.5, 0.6) is 5.75 Å². The van der Waals surface area contributed by atoms with E-state index in [4.69, 9.17) is 0 Å². The first-order valence-electron chi connectivity index (χ1n) is 5.77. The van der Waals surface area contributed by atoms with Gasteiger partial charge in [-0.3, -0.25) is 0 Å². The molecule has 0 spiro atoms. The van der Waals surface area contributed by atoms with Crippen LogP contribution in [0.15, 0.2) is 18.2 Å². The number of hydrogen-bond donors (Lipinski definition) is 1. The summed E-state index contributed by atoms with van der Waals surface area (Å²) >= 11 is 0. The summed E-state index contributed by atoms with van der Waals surface area (Å²) in [5, 5.41) is 9.50. The van der Waals surface area contributed by atoms with Crippen molar-refractivity contribution >= 4 is 0 Å². The van der Waals surface area contributed by atoms with Crippen LogP contribution in [-0.2, 0) is 11.8 Å². The van der Waals surface area contributed by atoms with Crippen molar-refractivity contribution in [3.63, 3.8) is 0 Å². The maximum atomic E-state index is 9.50. The number of aromatic hydroxyl groups is 1. The van der Waals surface area contributed by atoms with Gasteiger partial charge in [0.15, 0.2) is 0 Å². The smallest absolute Gasteiger partial charge is 0.115 e. The van der Waals surface area contributed by atoms with Gasteiger partial charge in [0.1, 0.15) is 5.75 Å². The SMILES string of the molecule is CCCCc1cc(O)ccc1C(C)(C)C. The van der Waals surface area contributed by atoms with Crippen LogP contribution in [0.25, 0.3) is 0 Å². The van der Waals surface area contributed by atoms with Gasteiger partial charge in [-0.15, -0.1) is 0 Å². The first-order chi connectivity index (χ1) is 6.95. The third-order valence-electron chi connectivity index (χ3n) is 2.70. The van der Waals surface area contributed by atoms with Gasteiger partial charge in [-0.2, -0.15) is 0 Å². The predicted molar refractivity (Wildman–Crippen MR) is 65.4 cm³/mol. The summed E-state index contributed by atoms with van der Waals surface area (Å²) in [7, 11) is 0. The van der Waals surface area contributed by atoms with Gasteiger partial charge in [-0.1, -0.05) is 40.2 Å². The van der Waals surface area contributed by atoms with Crippen LogP contribution in [0.3, 0.4) is 0 Å². The quantitative estimate of drug-likeness (QED) is 0.791. The molecule has 1 heteroatoms. The van der Waals surface area contributed by atoms with E-state index >= 15 is 0 Å². The Morgan fingerprint density at radius 2 is 1.87 bits per heavy atom. The number of unbranched alkanes of at least 4 members (excludes halogenated alkanes) is 1. The minimum Gasteiger partial charge on any atom is -0.508 e. The van der Waals surface area contributed by atoms with Gasteiger partial charge in [-0.05, 0) is 41.5 Å². The van der Waals surface area contributed by atoms with Gasteiger partial charge in [0.25, 0.3) is 0 Å². The highest BCUT2D eigenvalue weighted by molar-refractivity contribution is 5.38. The average molecular weight is 206 g/mol. The molecular formula is C14H22O. The molecule has 0 saturated heterocycles. The standard InChI is InChI=1S/C14H22O/c1-5-6-7-11-10-12(15)8-9-13(11)14(2,3)4/h8-10,15H,5-7H2,1-4H3. The van der Waals surface area contributed by atoms with E-state index in [1.54, 1.807) is 6.07 Å². The largest absolute Gasteiger partial charge is 0.508 e. The van der Waals surface area contributed by atoms with E-state index in [2.05, 4.69) is 33.8 Å². The zero-order chi connectivity index (χ0) is 11.5. The summed E-state index contributed by atoms with van der Waals surface area (Å²) < 4.78 is 0. The summed E-state index contributed by atoms with van der Waals surface area (Å²) in [6.07, 6.45) is 3.45. The maximum Gasteiger partial charge on any atom is 0.115 e. The van der Waals surface area contributed by atoms with E-state index < -0.39 is 0 Å². The molecular weight excluding hydrogens is 184 g/mol. The van der Waals surface area contributed by atoms with Gasteiger partial charge in [0, 0.05) is 0 Å². The van der Waals surface area contributed by atoms with Crippen molar-refractivity contribution in [1.82, 2.24) is 0 Å². The maximum absolute atomic E-state index is 9.50. The second-order valence-corrected chi connectivity index (χ2v) is 5.20. The Kier molecular flexibility index (Phi) is 3.78. The molecule has 0 aromatic heterocycles. The molecule has 0 aliphatic heterocycles. The molecule has 0 atom stereocenters. The molecule has 1 rings (SSSR count). The van der Waals surface area contributed by atoms with Crippen molar-refractivity contribution in [1.29, 1.82) is 0 Å². The molecule has 0 aliphatic carbocycles. The highest BCUT2D eigenvalue weighted by Gasteiger charge is 2.17. The van der Waals surface area contributed by atoms with Crippen LogP contribution in [0.1, 0.15) is 51.7 Å². The number of rotatable bonds is 3. The Hall–Kier alpha value is -0.980. The number of hydrogen-bond acceptors (Lipinski definition) is 1. The summed E-state index contributed by atoms with van der Waals surface area (Å²) in [6.45, 7) is 8.85. The molecule has 0 radical (unpaired) electrons. The average Bonchev–Trinajstić information content (AvgIpc) is 2.12. The van der Waals surface area contributed by atoms with Crippen LogP contribution in [0, 0.1) is 0 Å². The highest BCUT2D eigenvalue weighted by atomic mass is 16.3. The van der Waals surface area contributed by atoms with Gasteiger partial charge >= 0.3 is 0 Å². The zero-order valence-corrected chi connectivity index (χ0v) is 10.3. The van der Waals surface area contributed by atoms with E-state index in [1.165, 1.54) is 24.0 Å². The van der Waals surface area contributed by atoms with E-state index in [0.29, 0.717) is 5.75 Å². The molecule has 0 saturated carbocycles. The van der Waals surface area contributed by atoms with Crippen molar-refractivity contribution < 1.29 is 5.11 Å². The van der Waals surface area contributed by atoms with Crippen molar-refractivity contribution in [3.8, 4) is 5.75 Å².